The van der Waals surface area contributed by atoms with Crippen LogP contribution in [0.4, 0.5) is 8.78 Å². The van der Waals surface area contributed by atoms with Crippen molar-refractivity contribution >= 4 is 23.2 Å². The Morgan fingerprint density at radius 2 is 2.22 bits per heavy atom. The minimum atomic E-state index is -1.98. The number of halogens is 2. The van der Waals surface area contributed by atoms with Crippen LogP contribution in [0.25, 0.3) is 11.3 Å². The number of benzene rings is 1. The summed E-state index contributed by atoms with van der Waals surface area (Å²) in [5.41, 5.74) is -3.61. The standard InChI is InChI=1S/C22H20F2N2O5S/c1-4-30-19(27)18-25-16-13-9-12(5-6-22(29)7-8-26(3)20(22)28)14(23)10-15(13)31-11-21(2,24)17(16)32-18/h9-10,29H,4,7-8,11H2,1-3H3/t21?,22-/m0/s1. The Balaban J connectivity index is 1.82. The van der Waals surface area contributed by atoms with Crippen molar-refractivity contribution in [3.05, 3.63) is 33.4 Å². The quantitative estimate of drug-likeness (QED) is 0.545. The van der Waals surface area contributed by atoms with Crippen molar-refractivity contribution in [2.45, 2.75) is 31.5 Å². The molecule has 1 aromatic carbocycles. The van der Waals surface area contributed by atoms with Crippen LogP contribution in [0.5, 0.6) is 5.75 Å². The van der Waals surface area contributed by atoms with Crippen LogP contribution in [-0.4, -0.2) is 59.3 Å². The van der Waals surface area contributed by atoms with Gasteiger partial charge in [0.1, 0.15) is 18.2 Å². The number of rotatable bonds is 2. The molecule has 32 heavy (non-hydrogen) atoms. The molecule has 2 atom stereocenters. The fraction of sp³-hybridized carbons (Fsp3) is 0.409. The van der Waals surface area contributed by atoms with Gasteiger partial charge in [-0.3, -0.25) is 4.79 Å². The van der Waals surface area contributed by atoms with E-state index in [0.29, 0.717) is 6.54 Å². The van der Waals surface area contributed by atoms with Crippen LogP contribution in [0.3, 0.4) is 0 Å². The molecule has 1 N–H and O–H groups in total. The van der Waals surface area contributed by atoms with Crippen LogP contribution in [0.2, 0.25) is 0 Å². The first-order chi connectivity index (χ1) is 15.1. The Morgan fingerprint density at radius 1 is 1.47 bits per heavy atom. The highest BCUT2D eigenvalue weighted by molar-refractivity contribution is 7.14. The summed E-state index contributed by atoms with van der Waals surface area (Å²) in [6.45, 7) is 3.01. The number of aromatic nitrogens is 1. The molecule has 0 radical (unpaired) electrons. The first-order valence-corrected chi connectivity index (χ1v) is 10.7. The lowest BCUT2D eigenvalue weighted by Crippen LogP contribution is -2.37. The van der Waals surface area contributed by atoms with E-state index >= 15 is 4.39 Å². The summed E-state index contributed by atoms with van der Waals surface area (Å²) in [4.78, 5) is 30.0. The molecule has 3 heterocycles. The number of fused-ring (bicyclic) bond motifs is 3. The summed E-state index contributed by atoms with van der Waals surface area (Å²) >= 11 is 0.850. The molecule has 2 aliphatic heterocycles. The number of alkyl halides is 1. The SMILES string of the molecule is CCOC(=O)c1nc2c(s1)C(C)(F)COc1cc(F)c(C#C[C@]3(O)CCN(C)C3=O)cc1-2. The van der Waals surface area contributed by atoms with Gasteiger partial charge in [0, 0.05) is 31.6 Å². The lowest BCUT2D eigenvalue weighted by molar-refractivity contribution is -0.137. The smallest absolute Gasteiger partial charge is 0.367 e. The zero-order valence-electron chi connectivity index (χ0n) is 17.6. The Morgan fingerprint density at radius 3 is 2.88 bits per heavy atom. The molecule has 7 nitrogen and oxygen atoms in total. The summed E-state index contributed by atoms with van der Waals surface area (Å²) < 4.78 is 40.5. The summed E-state index contributed by atoms with van der Waals surface area (Å²) in [7, 11) is 1.54. The van der Waals surface area contributed by atoms with E-state index in [2.05, 4.69) is 16.8 Å². The van der Waals surface area contributed by atoms with Crippen molar-refractivity contribution in [2.24, 2.45) is 0 Å². The number of ether oxygens (including phenoxy) is 2. The average molecular weight is 462 g/mol. The van der Waals surface area contributed by atoms with Crippen LogP contribution >= 0.6 is 11.3 Å². The first kappa shape index (κ1) is 22.2. The van der Waals surface area contributed by atoms with Gasteiger partial charge in [0.25, 0.3) is 5.91 Å². The van der Waals surface area contributed by atoms with Crippen LogP contribution in [0.15, 0.2) is 12.1 Å². The Kier molecular flexibility index (Phi) is 5.43. The number of hydrogen-bond donors (Lipinski definition) is 1. The van der Waals surface area contributed by atoms with Gasteiger partial charge in [-0.1, -0.05) is 11.8 Å². The molecule has 1 aromatic heterocycles. The van der Waals surface area contributed by atoms with E-state index in [-0.39, 0.29) is 45.5 Å². The molecular formula is C22H20F2N2O5S. The highest BCUT2D eigenvalue weighted by atomic mass is 32.1. The number of nitrogens with zero attached hydrogens (tertiary/aromatic N) is 2. The number of carbonyl (C=O) groups excluding carboxylic acids is 2. The second-order valence-corrected chi connectivity index (χ2v) is 8.82. The second kappa shape index (κ2) is 7.83. The van der Waals surface area contributed by atoms with Gasteiger partial charge in [0.2, 0.25) is 10.6 Å². The Hall–Kier alpha value is -3.03. The van der Waals surface area contributed by atoms with E-state index in [1.165, 1.54) is 17.9 Å². The number of aliphatic hydroxyl groups is 1. The number of esters is 1. The van der Waals surface area contributed by atoms with Crippen molar-refractivity contribution in [1.82, 2.24) is 9.88 Å². The normalized spacial score (nSPS) is 24.1. The van der Waals surface area contributed by atoms with Crippen LogP contribution in [0, 0.1) is 17.7 Å². The molecule has 1 saturated heterocycles. The maximum absolute atomic E-state index is 15.3. The van der Waals surface area contributed by atoms with E-state index in [4.69, 9.17) is 9.47 Å². The van der Waals surface area contributed by atoms with Crippen molar-refractivity contribution in [3.8, 4) is 28.8 Å². The van der Waals surface area contributed by atoms with Gasteiger partial charge in [0.05, 0.1) is 22.7 Å². The molecule has 168 valence electrons. The van der Waals surface area contributed by atoms with Crippen LogP contribution in [-0.2, 0) is 15.2 Å². The molecule has 10 heteroatoms. The van der Waals surface area contributed by atoms with Gasteiger partial charge < -0.3 is 19.5 Å². The molecule has 0 bridgehead atoms. The molecule has 2 aliphatic rings. The molecule has 4 rings (SSSR count). The van der Waals surface area contributed by atoms with Crippen molar-refractivity contribution in [3.63, 3.8) is 0 Å². The summed E-state index contributed by atoms with van der Waals surface area (Å²) in [5, 5.41) is 10.5. The van der Waals surface area contributed by atoms with E-state index in [0.717, 1.165) is 17.4 Å². The summed E-state index contributed by atoms with van der Waals surface area (Å²) in [6.07, 6.45) is 0.102. The molecule has 1 amide bonds. The summed E-state index contributed by atoms with van der Waals surface area (Å²) in [6, 6.07) is 2.37. The minimum absolute atomic E-state index is 0.0283. The Bertz CT molecular complexity index is 1180. The molecule has 0 saturated carbocycles. The largest absolute Gasteiger partial charge is 0.489 e. The number of likely N-dealkylation sites (tertiary alicyclic amines) is 1. The van der Waals surface area contributed by atoms with E-state index < -0.39 is 35.6 Å². The van der Waals surface area contributed by atoms with Crippen molar-refractivity contribution in [2.75, 3.05) is 26.8 Å². The lowest BCUT2D eigenvalue weighted by atomic mass is 10.00. The zero-order valence-corrected chi connectivity index (χ0v) is 18.4. The van der Waals surface area contributed by atoms with Gasteiger partial charge in [0.15, 0.2) is 5.67 Å². The Labute approximate surface area is 187 Å². The van der Waals surface area contributed by atoms with Crippen LogP contribution in [0.1, 0.15) is 40.5 Å². The van der Waals surface area contributed by atoms with Crippen molar-refractivity contribution in [1.29, 1.82) is 0 Å². The molecule has 2 aromatic rings. The predicted octanol–water partition coefficient (Wildman–Crippen LogP) is 2.65. The number of thiazole rings is 1. The zero-order chi connectivity index (χ0) is 23.3. The van der Waals surface area contributed by atoms with Gasteiger partial charge in [-0.05, 0) is 19.9 Å². The number of carbonyl (C=O) groups is 2. The third kappa shape index (κ3) is 3.72. The fourth-order valence-electron chi connectivity index (χ4n) is 3.51. The highest BCUT2D eigenvalue weighted by Crippen LogP contribution is 2.45. The fourth-order valence-corrected chi connectivity index (χ4v) is 4.51. The van der Waals surface area contributed by atoms with Crippen LogP contribution < -0.4 is 4.74 Å². The number of likely N-dealkylation sites (N-methyl/N-ethyl adjacent to an activating group) is 1. The third-order valence-corrected chi connectivity index (χ3v) is 6.56. The molecule has 1 fully saturated rings. The van der Waals surface area contributed by atoms with Gasteiger partial charge in [-0.15, -0.1) is 11.3 Å². The predicted molar refractivity (Wildman–Crippen MR) is 112 cm³/mol. The molecular weight excluding hydrogens is 442 g/mol. The third-order valence-electron chi connectivity index (χ3n) is 5.29. The maximum Gasteiger partial charge on any atom is 0.367 e. The molecule has 0 aliphatic carbocycles. The lowest BCUT2D eigenvalue weighted by Gasteiger charge is -2.16. The highest BCUT2D eigenvalue weighted by Gasteiger charge is 2.42. The first-order valence-electron chi connectivity index (χ1n) is 9.91. The van der Waals surface area contributed by atoms with Gasteiger partial charge >= 0.3 is 5.97 Å². The topological polar surface area (TPSA) is 89.0 Å². The number of hydrogen-bond acceptors (Lipinski definition) is 7. The molecule has 1 unspecified atom stereocenters. The maximum atomic E-state index is 15.3. The number of amides is 1. The van der Waals surface area contributed by atoms with Gasteiger partial charge in [-0.2, -0.15) is 0 Å². The van der Waals surface area contributed by atoms with E-state index in [1.807, 2.05) is 0 Å². The van der Waals surface area contributed by atoms with Gasteiger partial charge in [-0.25, -0.2) is 18.6 Å². The minimum Gasteiger partial charge on any atom is -0.489 e. The monoisotopic (exact) mass is 462 g/mol. The van der Waals surface area contributed by atoms with Crippen molar-refractivity contribution < 1.29 is 33.0 Å². The second-order valence-electron chi connectivity index (χ2n) is 7.82. The van der Waals surface area contributed by atoms with E-state index in [9.17, 15) is 19.1 Å². The molecule has 0 spiro atoms. The average Bonchev–Trinajstić information content (AvgIpc) is 3.28. The van der Waals surface area contributed by atoms with E-state index in [1.54, 1.807) is 14.0 Å². The summed E-state index contributed by atoms with van der Waals surface area (Å²) in [5.74, 6) is 3.04.